The van der Waals surface area contributed by atoms with Gasteiger partial charge < -0.3 is 5.32 Å². The molecule has 0 saturated heterocycles. The van der Waals surface area contributed by atoms with E-state index in [0.29, 0.717) is 6.54 Å². The maximum absolute atomic E-state index is 11.4. The Morgan fingerprint density at radius 3 is 2.92 bits per heavy atom. The zero-order valence-corrected chi connectivity index (χ0v) is 8.24. The maximum Gasteiger partial charge on any atom is 0.244 e. The number of aryl methyl sites for hydroxylation is 1. The Bertz CT molecular complexity index is 293. The molecule has 1 N–H and O–H groups in total. The SMILES string of the molecule is CCNC(=O)C(C)n1ccc(C)n1. The fraction of sp³-hybridized carbons (Fsp3) is 0.556. The fourth-order valence-electron chi connectivity index (χ4n) is 1.09. The molecule has 1 atom stereocenters. The number of hydrogen-bond acceptors (Lipinski definition) is 2. The molecule has 0 aromatic carbocycles. The molecule has 1 rings (SSSR count). The molecule has 1 heterocycles. The van der Waals surface area contributed by atoms with E-state index in [0.717, 1.165) is 5.69 Å². The molecular weight excluding hydrogens is 166 g/mol. The second kappa shape index (κ2) is 4.07. The highest BCUT2D eigenvalue weighted by Crippen LogP contribution is 2.04. The molecule has 0 spiro atoms. The van der Waals surface area contributed by atoms with Crippen molar-refractivity contribution < 1.29 is 4.79 Å². The predicted octanol–water partition coefficient (Wildman–Crippen LogP) is 0.889. The molecule has 72 valence electrons. The molecule has 0 aliphatic carbocycles. The van der Waals surface area contributed by atoms with Gasteiger partial charge in [0.25, 0.3) is 0 Å². The molecule has 1 aromatic heterocycles. The first-order valence-corrected chi connectivity index (χ1v) is 4.44. The van der Waals surface area contributed by atoms with E-state index in [1.54, 1.807) is 4.68 Å². The average molecular weight is 181 g/mol. The molecule has 0 aliphatic heterocycles. The number of amides is 1. The second-order valence-electron chi connectivity index (χ2n) is 3.01. The van der Waals surface area contributed by atoms with E-state index in [9.17, 15) is 4.79 Å². The van der Waals surface area contributed by atoms with Crippen LogP contribution in [0.4, 0.5) is 0 Å². The van der Waals surface area contributed by atoms with Crippen LogP contribution in [0.2, 0.25) is 0 Å². The highest BCUT2D eigenvalue weighted by atomic mass is 16.2. The van der Waals surface area contributed by atoms with Crippen LogP contribution in [0.25, 0.3) is 0 Å². The molecule has 13 heavy (non-hydrogen) atoms. The standard InChI is InChI=1S/C9H15N3O/c1-4-10-9(13)8(3)12-6-5-7(2)11-12/h5-6,8H,4H2,1-3H3,(H,10,13). The third-order valence-corrected chi connectivity index (χ3v) is 1.87. The molecule has 0 fully saturated rings. The number of carbonyl (C=O) groups is 1. The van der Waals surface area contributed by atoms with Gasteiger partial charge in [0.15, 0.2) is 0 Å². The minimum atomic E-state index is -0.228. The van der Waals surface area contributed by atoms with Gasteiger partial charge in [-0.1, -0.05) is 0 Å². The van der Waals surface area contributed by atoms with Crippen LogP contribution in [0.5, 0.6) is 0 Å². The van der Waals surface area contributed by atoms with Gasteiger partial charge in [0.1, 0.15) is 6.04 Å². The summed E-state index contributed by atoms with van der Waals surface area (Å²) in [5.74, 6) is 0.00519. The zero-order chi connectivity index (χ0) is 9.84. The highest BCUT2D eigenvalue weighted by molar-refractivity contribution is 5.79. The lowest BCUT2D eigenvalue weighted by Crippen LogP contribution is -2.30. The van der Waals surface area contributed by atoms with Crippen molar-refractivity contribution in [1.82, 2.24) is 15.1 Å². The number of likely N-dealkylation sites (N-methyl/N-ethyl adjacent to an activating group) is 1. The monoisotopic (exact) mass is 181 g/mol. The number of nitrogens with zero attached hydrogens (tertiary/aromatic N) is 2. The summed E-state index contributed by atoms with van der Waals surface area (Å²) in [7, 11) is 0. The molecular formula is C9H15N3O. The third kappa shape index (κ3) is 2.31. The summed E-state index contributed by atoms with van der Waals surface area (Å²) in [6.07, 6.45) is 1.81. The average Bonchev–Trinajstić information content (AvgIpc) is 2.51. The van der Waals surface area contributed by atoms with Gasteiger partial charge in [0.2, 0.25) is 5.91 Å². The van der Waals surface area contributed by atoms with Crippen molar-refractivity contribution in [2.24, 2.45) is 0 Å². The van der Waals surface area contributed by atoms with Crippen molar-refractivity contribution in [3.8, 4) is 0 Å². The Morgan fingerprint density at radius 1 is 1.77 bits per heavy atom. The van der Waals surface area contributed by atoms with Gasteiger partial charge in [0, 0.05) is 12.7 Å². The first-order valence-electron chi connectivity index (χ1n) is 4.44. The summed E-state index contributed by atoms with van der Waals surface area (Å²) in [5.41, 5.74) is 0.927. The van der Waals surface area contributed by atoms with E-state index < -0.39 is 0 Å². The van der Waals surface area contributed by atoms with Crippen LogP contribution in [0, 0.1) is 6.92 Å². The zero-order valence-electron chi connectivity index (χ0n) is 8.24. The smallest absolute Gasteiger partial charge is 0.244 e. The summed E-state index contributed by atoms with van der Waals surface area (Å²) in [6, 6.07) is 1.66. The largest absolute Gasteiger partial charge is 0.355 e. The number of aromatic nitrogens is 2. The Morgan fingerprint density at radius 2 is 2.46 bits per heavy atom. The lowest BCUT2D eigenvalue weighted by molar-refractivity contribution is -0.124. The summed E-state index contributed by atoms with van der Waals surface area (Å²) < 4.78 is 1.67. The topological polar surface area (TPSA) is 46.9 Å². The first kappa shape index (κ1) is 9.77. The number of rotatable bonds is 3. The van der Waals surface area contributed by atoms with E-state index in [1.165, 1.54) is 0 Å². The minimum absolute atomic E-state index is 0.00519. The Hall–Kier alpha value is -1.32. The van der Waals surface area contributed by atoms with Gasteiger partial charge >= 0.3 is 0 Å². The minimum Gasteiger partial charge on any atom is -0.355 e. The van der Waals surface area contributed by atoms with Crippen molar-refractivity contribution in [1.29, 1.82) is 0 Å². The Kier molecular flexibility index (Phi) is 3.06. The van der Waals surface area contributed by atoms with Gasteiger partial charge in [-0.05, 0) is 26.8 Å². The lowest BCUT2D eigenvalue weighted by Gasteiger charge is -2.10. The summed E-state index contributed by atoms with van der Waals surface area (Å²) in [6.45, 7) is 6.29. The predicted molar refractivity (Wildman–Crippen MR) is 50.4 cm³/mol. The van der Waals surface area contributed by atoms with E-state index in [-0.39, 0.29) is 11.9 Å². The number of hydrogen-bond donors (Lipinski definition) is 1. The van der Waals surface area contributed by atoms with Gasteiger partial charge in [-0.3, -0.25) is 9.48 Å². The van der Waals surface area contributed by atoms with Crippen LogP contribution in [-0.4, -0.2) is 22.2 Å². The quantitative estimate of drug-likeness (QED) is 0.752. The molecule has 1 unspecified atom stereocenters. The van der Waals surface area contributed by atoms with Crippen molar-refractivity contribution in [2.45, 2.75) is 26.8 Å². The van der Waals surface area contributed by atoms with Crippen molar-refractivity contribution >= 4 is 5.91 Å². The molecule has 0 bridgehead atoms. The van der Waals surface area contributed by atoms with Crippen molar-refractivity contribution in [2.75, 3.05) is 6.54 Å². The van der Waals surface area contributed by atoms with Crippen LogP contribution >= 0.6 is 0 Å². The summed E-state index contributed by atoms with van der Waals surface area (Å²) >= 11 is 0. The maximum atomic E-state index is 11.4. The first-order chi connectivity index (χ1) is 6.15. The van der Waals surface area contributed by atoms with Gasteiger partial charge in [-0.25, -0.2) is 0 Å². The van der Waals surface area contributed by atoms with Gasteiger partial charge in [-0.15, -0.1) is 0 Å². The molecule has 0 aliphatic rings. The van der Waals surface area contributed by atoms with E-state index in [2.05, 4.69) is 10.4 Å². The fourth-order valence-corrected chi connectivity index (χ4v) is 1.09. The second-order valence-corrected chi connectivity index (χ2v) is 3.01. The van der Waals surface area contributed by atoms with Crippen LogP contribution in [-0.2, 0) is 4.79 Å². The van der Waals surface area contributed by atoms with Crippen LogP contribution in [0.1, 0.15) is 25.6 Å². The van der Waals surface area contributed by atoms with E-state index in [1.807, 2.05) is 33.0 Å². The van der Waals surface area contributed by atoms with Gasteiger partial charge in [-0.2, -0.15) is 5.10 Å². The van der Waals surface area contributed by atoms with Crippen LogP contribution in [0.15, 0.2) is 12.3 Å². The third-order valence-electron chi connectivity index (χ3n) is 1.87. The van der Waals surface area contributed by atoms with E-state index in [4.69, 9.17) is 0 Å². The van der Waals surface area contributed by atoms with Crippen molar-refractivity contribution in [3.63, 3.8) is 0 Å². The molecule has 1 amide bonds. The lowest BCUT2D eigenvalue weighted by atomic mass is 10.3. The Balaban J connectivity index is 2.67. The molecule has 0 radical (unpaired) electrons. The van der Waals surface area contributed by atoms with Crippen molar-refractivity contribution in [3.05, 3.63) is 18.0 Å². The number of nitrogens with one attached hydrogen (secondary N) is 1. The molecule has 4 nitrogen and oxygen atoms in total. The van der Waals surface area contributed by atoms with Crippen LogP contribution < -0.4 is 5.32 Å². The molecule has 1 aromatic rings. The molecule has 0 saturated carbocycles. The summed E-state index contributed by atoms with van der Waals surface area (Å²) in [5, 5.41) is 6.92. The molecule has 4 heteroatoms. The van der Waals surface area contributed by atoms with Gasteiger partial charge in [0.05, 0.1) is 5.69 Å². The van der Waals surface area contributed by atoms with E-state index >= 15 is 0 Å². The summed E-state index contributed by atoms with van der Waals surface area (Å²) in [4.78, 5) is 11.4. The number of carbonyl (C=O) groups excluding carboxylic acids is 1. The Labute approximate surface area is 77.9 Å². The van der Waals surface area contributed by atoms with Crippen LogP contribution in [0.3, 0.4) is 0 Å². The highest BCUT2D eigenvalue weighted by Gasteiger charge is 2.13. The normalized spacial score (nSPS) is 12.5.